The largest absolute Gasteiger partial charge is 0.494 e. The number of benzene rings is 2. The molecule has 3 nitrogen and oxygen atoms in total. The summed E-state index contributed by atoms with van der Waals surface area (Å²) >= 11 is 7.41. The Hall–Kier alpha value is -1.65. The molecule has 0 spiro atoms. The fraction of sp³-hybridized carbons (Fsp3) is 0.278. The topological polar surface area (TPSA) is 38.3 Å². The van der Waals surface area contributed by atoms with Crippen LogP contribution in [0, 0.1) is 0 Å². The van der Waals surface area contributed by atoms with Gasteiger partial charge in [-0.15, -0.1) is 11.8 Å². The van der Waals surface area contributed by atoms with Crippen LogP contribution >= 0.6 is 23.4 Å². The molecule has 0 aromatic heterocycles. The molecule has 0 bridgehead atoms. The van der Waals surface area contributed by atoms with Crippen LogP contribution in [-0.4, -0.2) is 18.3 Å². The van der Waals surface area contributed by atoms with Gasteiger partial charge in [0, 0.05) is 22.9 Å². The maximum atomic E-state index is 11.9. The van der Waals surface area contributed by atoms with Crippen molar-refractivity contribution in [3.05, 3.63) is 64.7 Å². The van der Waals surface area contributed by atoms with Gasteiger partial charge in [-0.2, -0.15) is 0 Å². The summed E-state index contributed by atoms with van der Waals surface area (Å²) in [5.74, 6) is 2.10. The monoisotopic (exact) mass is 349 g/mol. The second-order valence-corrected chi connectivity index (χ2v) is 6.36. The Kier molecular flexibility index (Phi) is 7.30. The van der Waals surface area contributed by atoms with Gasteiger partial charge in [-0.3, -0.25) is 4.79 Å². The molecule has 0 fully saturated rings. The summed E-state index contributed by atoms with van der Waals surface area (Å²) in [4.78, 5) is 11.9. The van der Waals surface area contributed by atoms with E-state index in [1.54, 1.807) is 11.8 Å². The van der Waals surface area contributed by atoms with Gasteiger partial charge in [0.1, 0.15) is 5.75 Å². The van der Waals surface area contributed by atoms with E-state index in [0.717, 1.165) is 22.6 Å². The van der Waals surface area contributed by atoms with Crippen LogP contribution in [0.5, 0.6) is 5.75 Å². The highest BCUT2D eigenvalue weighted by atomic mass is 35.5. The molecule has 5 heteroatoms. The summed E-state index contributed by atoms with van der Waals surface area (Å²) in [5.41, 5.74) is 2.15. The number of thioether (sulfide) groups is 1. The first kappa shape index (κ1) is 17.7. The fourth-order valence-electron chi connectivity index (χ4n) is 2.03. The predicted molar refractivity (Wildman–Crippen MR) is 97.1 cm³/mol. The molecular weight excluding hydrogens is 330 g/mol. The molecule has 2 aromatic carbocycles. The predicted octanol–water partition coefficient (Wildman–Crippen LogP) is 4.29. The zero-order valence-corrected chi connectivity index (χ0v) is 14.6. The number of hydrogen-bond donors (Lipinski definition) is 1. The van der Waals surface area contributed by atoms with Crippen molar-refractivity contribution < 1.29 is 9.53 Å². The number of carbonyl (C=O) groups excluding carboxylic acids is 1. The average Bonchev–Trinajstić information content (AvgIpc) is 2.56. The van der Waals surface area contributed by atoms with Crippen molar-refractivity contribution in [3.8, 4) is 5.75 Å². The quantitative estimate of drug-likeness (QED) is 0.772. The standard InChI is InChI=1S/C18H20ClNO2S/c1-2-22-17-6-4-3-5-15(17)12-23-13-18(21)20-11-14-7-9-16(19)10-8-14/h3-10H,2,11-13H2,1H3,(H,20,21). The molecule has 23 heavy (non-hydrogen) atoms. The van der Waals surface area contributed by atoms with E-state index in [1.807, 2.05) is 55.5 Å². The van der Waals surface area contributed by atoms with Crippen molar-refractivity contribution in [2.75, 3.05) is 12.4 Å². The minimum absolute atomic E-state index is 0.0267. The van der Waals surface area contributed by atoms with Gasteiger partial charge in [-0.1, -0.05) is 41.9 Å². The SMILES string of the molecule is CCOc1ccccc1CSCC(=O)NCc1ccc(Cl)cc1. The van der Waals surface area contributed by atoms with Crippen molar-refractivity contribution >= 4 is 29.3 Å². The third-order valence-corrected chi connectivity index (χ3v) is 4.40. The highest BCUT2D eigenvalue weighted by Gasteiger charge is 2.05. The van der Waals surface area contributed by atoms with Crippen molar-refractivity contribution in [1.29, 1.82) is 0 Å². The Labute approximate surface area is 146 Å². The lowest BCUT2D eigenvalue weighted by Crippen LogP contribution is -2.24. The first-order valence-electron chi connectivity index (χ1n) is 7.48. The van der Waals surface area contributed by atoms with Gasteiger partial charge in [0.05, 0.1) is 12.4 Å². The van der Waals surface area contributed by atoms with E-state index >= 15 is 0 Å². The van der Waals surface area contributed by atoms with E-state index in [0.29, 0.717) is 23.9 Å². The highest BCUT2D eigenvalue weighted by molar-refractivity contribution is 7.99. The van der Waals surface area contributed by atoms with E-state index in [2.05, 4.69) is 5.32 Å². The lowest BCUT2D eigenvalue weighted by atomic mass is 10.2. The van der Waals surface area contributed by atoms with Gasteiger partial charge >= 0.3 is 0 Å². The molecule has 2 aromatic rings. The van der Waals surface area contributed by atoms with Crippen LogP contribution in [-0.2, 0) is 17.1 Å². The van der Waals surface area contributed by atoms with Gasteiger partial charge in [-0.25, -0.2) is 0 Å². The molecule has 0 saturated carbocycles. The molecular formula is C18H20ClNO2S. The molecule has 0 heterocycles. The highest BCUT2D eigenvalue weighted by Crippen LogP contribution is 2.23. The molecule has 1 amide bonds. The van der Waals surface area contributed by atoms with E-state index in [4.69, 9.17) is 16.3 Å². The van der Waals surface area contributed by atoms with Crippen LogP contribution < -0.4 is 10.1 Å². The Morgan fingerprint density at radius 2 is 1.91 bits per heavy atom. The van der Waals surface area contributed by atoms with Crippen LogP contribution in [0.3, 0.4) is 0 Å². The second kappa shape index (κ2) is 9.48. The van der Waals surface area contributed by atoms with E-state index in [-0.39, 0.29) is 5.91 Å². The number of nitrogens with one attached hydrogen (secondary N) is 1. The minimum Gasteiger partial charge on any atom is -0.494 e. The summed E-state index contributed by atoms with van der Waals surface area (Å²) in [7, 11) is 0. The number of hydrogen-bond acceptors (Lipinski definition) is 3. The number of carbonyl (C=O) groups is 1. The van der Waals surface area contributed by atoms with Crippen molar-refractivity contribution in [2.45, 2.75) is 19.2 Å². The van der Waals surface area contributed by atoms with Gasteiger partial charge in [0.15, 0.2) is 0 Å². The minimum atomic E-state index is 0.0267. The van der Waals surface area contributed by atoms with Crippen LogP contribution in [0.4, 0.5) is 0 Å². The maximum Gasteiger partial charge on any atom is 0.230 e. The number of amides is 1. The molecule has 2 rings (SSSR count). The third-order valence-electron chi connectivity index (χ3n) is 3.17. The number of halogens is 1. The van der Waals surface area contributed by atoms with Gasteiger partial charge in [0.25, 0.3) is 0 Å². The van der Waals surface area contributed by atoms with Gasteiger partial charge < -0.3 is 10.1 Å². The van der Waals surface area contributed by atoms with Crippen LogP contribution in [0.15, 0.2) is 48.5 Å². The second-order valence-electron chi connectivity index (χ2n) is 4.94. The van der Waals surface area contributed by atoms with Gasteiger partial charge in [0.2, 0.25) is 5.91 Å². The summed E-state index contributed by atoms with van der Waals surface area (Å²) in [5, 5.41) is 3.61. The van der Waals surface area contributed by atoms with E-state index < -0.39 is 0 Å². The Morgan fingerprint density at radius 3 is 2.65 bits per heavy atom. The van der Waals surface area contributed by atoms with Crippen molar-refractivity contribution in [1.82, 2.24) is 5.32 Å². The van der Waals surface area contributed by atoms with Crippen molar-refractivity contribution in [2.24, 2.45) is 0 Å². The molecule has 122 valence electrons. The zero-order valence-electron chi connectivity index (χ0n) is 13.0. The molecule has 0 aliphatic rings. The molecule has 0 aliphatic heterocycles. The van der Waals surface area contributed by atoms with E-state index in [1.165, 1.54) is 0 Å². The molecule has 0 unspecified atom stereocenters. The van der Waals surface area contributed by atoms with Crippen LogP contribution in [0.2, 0.25) is 5.02 Å². The average molecular weight is 350 g/mol. The van der Waals surface area contributed by atoms with Crippen molar-refractivity contribution in [3.63, 3.8) is 0 Å². The smallest absolute Gasteiger partial charge is 0.230 e. The summed E-state index contributed by atoms with van der Waals surface area (Å²) in [6, 6.07) is 15.4. The first-order chi connectivity index (χ1) is 11.2. The zero-order chi connectivity index (χ0) is 16.5. The Bertz CT molecular complexity index is 631. The van der Waals surface area contributed by atoms with Crippen LogP contribution in [0.25, 0.3) is 0 Å². The maximum absolute atomic E-state index is 11.9. The Morgan fingerprint density at radius 1 is 1.17 bits per heavy atom. The lowest BCUT2D eigenvalue weighted by molar-refractivity contribution is -0.118. The van der Waals surface area contributed by atoms with Crippen LogP contribution in [0.1, 0.15) is 18.1 Å². The number of ether oxygens (including phenoxy) is 1. The fourth-order valence-corrected chi connectivity index (χ4v) is 3.00. The molecule has 0 saturated heterocycles. The summed E-state index contributed by atoms with van der Waals surface area (Å²) in [6.45, 7) is 3.13. The van der Waals surface area contributed by atoms with Gasteiger partial charge in [-0.05, 0) is 30.7 Å². The lowest BCUT2D eigenvalue weighted by Gasteiger charge is -2.10. The van der Waals surface area contributed by atoms with E-state index in [9.17, 15) is 4.79 Å². The third kappa shape index (κ3) is 6.16. The summed E-state index contributed by atoms with van der Waals surface area (Å²) in [6.07, 6.45) is 0. The summed E-state index contributed by atoms with van der Waals surface area (Å²) < 4.78 is 5.58. The molecule has 0 atom stereocenters. The normalized spacial score (nSPS) is 10.3. The molecule has 0 radical (unpaired) electrons. The Balaban J connectivity index is 1.73. The number of para-hydroxylation sites is 1. The molecule has 1 N–H and O–H groups in total. The molecule has 0 aliphatic carbocycles. The first-order valence-corrected chi connectivity index (χ1v) is 9.02. The number of rotatable bonds is 8.